The van der Waals surface area contributed by atoms with Crippen molar-refractivity contribution in [1.82, 2.24) is 9.36 Å². The zero-order valence-corrected chi connectivity index (χ0v) is 6.67. The molecule has 0 fully saturated rings. The van der Waals surface area contributed by atoms with Crippen molar-refractivity contribution >= 4 is 23.1 Å². The Bertz CT molecular complexity index is 187. The van der Waals surface area contributed by atoms with Crippen molar-refractivity contribution in [1.29, 1.82) is 0 Å². The summed E-state index contributed by atoms with van der Waals surface area (Å²) < 4.78 is 3.83. The molecule has 0 bridgehead atoms. The normalized spacial score (nSPS) is 10.0. The van der Waals surface area contributed by atoms with Gasteiger partial charge in [-0.15, -0.1) is 0 Å². The van der Waals surface area contributed by atoms with E-state index in [0.717, 1.165) is 17.8 Å². The maximum atomic E-state index is 5.48. The third-order valence-corrected chi connectivity index (χ3v) is 1.95. The van der Waals surface area contributed by atoms with Gasteiger partial charge in [0, 0.05) is 6.42 Å². The summed E-state index contributed by atoms with van der Waals surface area (Å²) >= 11 is 6.87. The lowest BCUT2D eigenvalue weighted by molar-refractivity contribution is 0.908. The molecule has 0 N–H and O–H groups in total. The summed E-state index contributed by atoms with van der Waals surface area (Å²) in [5.41, 5.74) is 0. The number of halogens is 1. The molecule has 4 heteroatoms. The zero-order valence-electron chi connectivity index (χ0n) is 5.09. The summed E-state index contributed by atoms with van der Waals surface area (Å²) in [6, 6.07) is 0. The molecule has 0 aromatic carbocycles. The molecule has 50 valence electrons. The molecular formula is C5H7ClN2S. The molecule has 9 heavy (non-hydrogen) atoms. The first-order valence-electron chi connectivity index (χ1n) is 2.81. The van der Waals surface area contributed by atoms with Crippen LogP contribution in [0.3, 0.4) is 0 Å². The van der Waals surface area contributed by atoms with E-state index in [2.05, 4.69) is 16.3 Å². The second-order valence-corrected chi connectivity index (χ2v) is 2.88. The fraction of sp³-hybridized carbons (Fsp3) is 0.600. The summed E-state index contributed by atoms with van der Waals surface area (Å²) in [5, 5.41) is 1.41. The van der Waals surface area contributed by atoms with Crippen LogP contribution in [-0.4, -0.2) is 9.36 Å². The first kappa shape index (κ1) is 6.96. The number of nitrogens with zero attached hydrogens (tertiary/aromatic N) is 2. The molecule has 0 saturated heterocycles. The number of rotatable bonds is 2. The van der Waals surface area contributed by atoms with Crippen LogP contribution in [-0.2, 0) is 6.42 Å². The topological polar surface area (TPSA) is 25.8 Å². The Labute approximate surface area is 63.1 Å². The summed E-state index contributed by atoms with van der Waals surface area (Å²) in [7, 11) is 0. The van der Waals surface area contributed by atoms with Crippen LogP contribution in [0.4, 0.5) is 0 Å². The number of aryl methyl sites for hydroxylation is 1. The van der Waals surface area contributed by atoms with Crippen LogP contribution < -0.4 is 0 Å². The highest BCUT2D eigenvalue weighted by Gasteiger charge is 1.97. The fourth-order valence-electron chi connectivity index (χ4n) is 0.549. The van der Waals surface area contributed by atoms with Crippen molar-refractivity contribution in [3.63, 3.8) is 0 Å². The third-order valence-electron chi connectivity index (χ3n) is 0.907. The van der Waals surface area contributed by atoms with Crippen LogP contribution in [0.15, 0.2) is 0 Å². The Morgan fingerprint density at radius 2 is 2.44 bits per heavy atom. The number of hydrogen-bond donors (Lipinski definition) is 0. The molecule has 0 aliphatic heterocycles. The Morgan fingerprint density at radius 1 is 1.67 bits per heavy atom. The predicted octanol–water partition coefficient (Wildman–Crippen LogP) is 2.14. The molecule has 1 aromatic heterocycles. The van der Waals surface area contributed by atoms with E-state index in [1.54, 1.807) is 0 Å². The Balaban J connectivity index is 2.61. The van der Waals surface area contributed by atoms with Gasteiger partial charge in [-0.2, -0.15) is 4.37 Å². The monoisotopic (exact) mass is 162 g/mol. The SMILES string of the molecule is CCCc1nc(Cl)ns1. The Kier molecular flexibility index (Phi) is 2.42. The molecule has 0 saturated carbocycles. The zero-order chi connectivity index (χ0) is 6.69. The van der Waals surface area contributed by atoms with E-state index >= 15 is 0 Å². The van der Waals surface area contributed by atoms with E-state index < -0.39 is 0 Å². The van der Waals surface area contributed by atoms with Gasteiger partial charge in [-0.25, -0.2) is 4.98 Å². The highest BCUT2D eigenvalue weighted by atomic mass is 35.5. The van der Waals surface area contributed by atoms with Crippen molar-refractivity contribution < 1.29 is 0 Å². The minimum atomic E-state index is 0.378. The van der Waals surface area contributed by atoms with E-state index in [4.69, 9.17) is 11.6 Å². The van der Waals surface area contributed by atoms with Crippen LogP contribution in [0.2, 0.25) is 5.28 Å². The standard InChI is InChI=1S/C5H7ClN2S/c1-2-3-4-7-5(6)8-9-4/h2-3H2,1H3. The van der Waals surface area contributed by atoms with E-state index in [1.807, 2.05) is 0 Å². The Morgan fingerprint density at radius 3 is 2.89 bits per heavy atom. The van der Waals surface area contributed by atoms with Crippen LogP contribution in [0.5, 0.6) is 0 Å². The van der Waals surface area contributed by atoms with Gasteiger partial charge >= 0.3 is 0 Å². The maximum Gasteiger partial charge on any atom is 0.234 e. The molecule has 0 aliphatic rings. The highest BCUT2D eigenvalue weighted by Crippen LogP contribution is 2.09. The van der Waals surface area contributed by atoms with Crippen LogP contribution >= 0.6 is 23.1 Å². The van der Waals surface area contributed by atoms with Gasteiger partial charge in [0.15, 0.2) is 0 Å². The molecule has 1 rings (SSSR count). The van der Waals surface area contributed by atoms with Gasteiger partial charge < -0.3 is 0 Å². The van der Waals surface area contributed by atoms with E-state index in [9.17, 15) is 0 Å². The van der Waals surface area contributed by atoms with Crippen molar-refractivity contribution in [3.05, 3.63) is 10.3 Å². The summed E-state index contributed by atoms with van der Waals surface area (Å²) in [4.78, 5) is 3.97. The first-order valence-corrected chi connectivity index (χ1v) is 3.96. The third kappa shape index (κ3) is 1.91. The smallest absolute Gasteiger partial charge is 0.210 e. The fourth-order valence-corrected chi connectivity index (χ4v) is 1.45. The first-order chi connectivity index (χ1) is 4.33. The number of hydrogen-bond acceptors (Lipinski definition) is 3. The largest absolute Gasteiger partial charge is 0.234 e. The molecule has 2 nitrogen and oxygen atoms in total. The number of aromatic nitrogens is 2. The van der Waals surface area contributed by atoms with Crippen molar-refractivity contribution in [2.24, 2.45) is 0 Å². The van der Waals surface area contributed by atoms with Crippen molar-refractivity contribution in [3.8, 4) is 0 Å². The van der Waals surface area contributed by atoms with E-state index in [-0.39, 0.29) is 0 Å². The Hall–Kier alpha value is -0.150. The van der Waals surface area contributed by atoms with Crippen LogP contribution in [0.25, 0.3) is 0 Å². The van der Waals surface area contributed by atoms with Gasteiger partial charge in [0.05, 0.1) is 0 Å². The lowest BCUT2D eigenvalue weighted by atomic mass is 10.4. The molecule has 0 atom stereocenters. The minimum absolute atomic E-state index is 0.378. The quantitative estimate of drug-likeness (QED) is 0.666. The van der Waals surface area contributed by atoms with Crippen LogP contribution in [0.1, 0.15) is 18.4 Å². The average molecular weight is 163 g/mol. The molecule has 0 amide bonds. The summed E-state index contributed by atoms with van der Waals surface area (Å²) in [6.07, 6.45) is 2.09. The predicted molar refractivity (Wildman–Crippen MR) is 38.9 cm³/mol. The second kappa shape index (κ2) is 3.13. The van der Waals surface area contributed by atoms with Crippen LogP contribution in [0, 0.1) is 0 Å². The van der Waals surface area contributed by atoms with Crippen molar-refractivity contribution in [2.45, 2.75) is 19.8 Å². The average Bonchev–Trinajstić information content (AvgIpc) is 2.17. The molecule has 0 radical (unpaired) electrons. The van der Waals surface area contributed by atoms with Gasteiger partial charge in [0.25, 0.3) is 0 Å². The molecule has 1 heterocycles. The van der Waals surface area contributed by atoms with Gasteiger partial charge in [-0.05, 0) is 29.6 Å². The lowest BCUT2D eigenvalue weighted by Gasteiger charge is -1.83. The highest BCUT2D eigenvalue weighted by molar-refractivity contribution is 7.05. The molecule has 0 aliphatic carbocycles. The van der Waals surface area contributed by atoms with Gasteiger partial charge in [-0.3, -0.25) is 0 Å². The van der Waals surface area contributed by atoms with Gasteiger partial charge in [-0.1, -0.05) is 6.92 Å². The molecular weight excluding hydrogens is 156 g/mol. The second-order valence-electron chi connectivity index (χ2n) is 1.71. The van der Waals surface area contributed by atoms with Gasteiger partial charge in [0.1, 0.15) is 5.01 Å². The van der Waals surface area contributed by atoms with Crippen molar-refractivity contribution in [2.75, 3.05) is 0 Å². The summed E-state index contributed by atoms with van der Waals surface area (Å²) in [6.45, 7) is 2.11. The van der Waals surface area contributed by atoms with Gasteiger partial charge in [0.2, 0.25) is 5.28 Å². The molecule has 0 unspecified atom stereocenters. The minimum Gasteiger partial charge on any atom is -0.210 e. The lowest BCUT2D eigenvalue weighted by Crippen LogP contribution is -1.78. The molecule has 1 aromatic rings. The summed E-state index contributed by atoms with van der Waals surface area (Å²) in [5.74, 6) is 0. The maximum absolute atomic E-state index is 5.48. The molecule has 0 spiro atoms. The van der Waals surface area contributed by atoms with E-state index in [0.29, 0.717) is 5.28 Å². The van der Waals surface area contributed by atoms with E-state index in [1.165, 1.54) is 11.5 Å².